The zero-order valence-electron chi connectivity index (χ0n) is 19.2. The second-order valence-electron chi connectivity index (χ2n) is 8.95. The van der Waals surface area contributed by atoms with Crippen LogP contribution in [0, 0.1) is 0 Å². The predicted molar refractivity (Wildman–Crippen MR) is 135 cm³/mol. The maximum Gasteiger partial charge on any atom is 0.193 e. The van der Waals surface area contributed by atoms with Gasteiger partial charge in [-0.05, 0) is 77.4 Å². The first-order valence-electron chi connectivity index (χ1n) is 12.3. The van der Waals surface area contributed by atoms with Crippen molar-refractivity contribution in [1.82, 2.24) is 15.1 Å². The van der Waals surface area contributed by atoms with Gasteiger partial charge >= 0.3 is 0 Å². The van der Waals surface area contributed by atoms with E-state index in [0.717, 1.165) is 58.1 Å². The number of hydrogen-bond acceptors (Lipinski definition) is 4. The molecule has 3 saturated heterocycles. The highest BCUT2D eigenvalue weighted by Crippen LogP contribution is 2.18. The molecule has 0 aromatic rings. The Morgan fingerprint density at radius 3 is 2.47 bits per heavy atom. The van der Waals surface area contributed by atoms with E-state index in [2.05, 4.69) is 20.1 Å². The Labute approximate surface area is 201 Å². The third-order valence-corrected chi connectivity index (χ3v) is 6.63. The molecule has 0 radical (unpaired) electrons. The lowest BCUT2D eigenvalue weighted by atomic mass is 10.1. The third kappa shape index (κ3) is 9.57. The van der Waals surface area contributed by atoms with E-state index in [1.165, 1.54) is 71.0 Å². The highest BCUT2D eigenvalue weighted by molar-refractivity contribution is 14.0. The Bertz CT molecular complexity index is 460. The van der Waals surface area contributed by atoms with Crippen molar-refractivity contribution in [1.29, 1.82) is 0 Å². The van der Waals surface area contributed by atoms with Crippen LogP contribution in [0.5, 0.6) is 0 Å². The van der Waals surface area contributed by atoms with Crippen LogP contribution >= 0.6 is 24.0 Å². The van der Waals surface area contributed by atoms with Crippen LogP contribution in [0.25, 0.3) is 0 Å². The summed E-state index contributed by atoms with van der Waals surface area (Å²) >= 11 is 0. The van der Waals surface area contributed by atoms with E-state index < -0.39 is 0 Å². The number of aliphatic imine (C=N–C) groups is 1. The number of guanidine groups is 1. The summed E-state index contributed by atoms with van der Waals surface area (Å²) in [5.41, 5.74) is 0. The van der Waals surface area contributed by atoms with Crippen molar-refractivity contribution < 1.29 is 9.47 Å². The summed E-state index contributed by atoms with van der Waals surface area (Å²) in [6.45, 7) is 8.70. The molecule has 3 rings (SSSR count). The van der Waals surface area contributed by atoms with Gasteiger partial charge in [0.05, 0.1) is 18.8 Å². The topological polar surface area (TPSA) is 49.3 Å². The van der Waals surface area contributed by atoms with E-state index in [1.807, 2.05) is 7.05 Å². The molecule has 7 heteroatoms. The molecule has 1 N–H and O–H groups in total. The van der Waals surface area contributed by atoms with Crippen molar-refractivity contribution in [2.24, 2.45) is 4.99 Å². The highest BCUT2D eigenvalue weighted by Gasteiger charge is 2.23. The van der Waals surface area contributed by atoms with Crippen LogP contribution in [-0.2, 0) is 9.47 Å². The molecule has 3 aliphatic rings. The molecule has 30 heavy (non-hydrogen) atoms. The smallest absolute Gasteiger partial charge is 0.193 e. The van der Waals surface area contributed by atoms with Crippen LogP contribution in [0.2, 0.25) is 0 Å². The van der Waals surface area contributed by atoms with Gasteiger partial charge in [0.1, 0.15) is 0 Å². The number of halogens is 1. The zero-order chi connectivity index (χ0) is 20.2. The van der Waals surface area contributed by atoms with E-state index in [1.54, 1.807) is 0 Å². The molecule has 0 spiro atoms. The molecule has 1 atom stereocenters. The van der Waals surface area contributed by atoms with Gasteiger partial charge in [0.15, 0.2) is 5.96 Å². The molecular formula is C23H45IN4O2. The fourth-order valence-electron chi connectivity index (χ4n) is 4.77. The number of ether oxygens (including phenoxy) is 2. The number of rotatable bonds is 9. The van der Waals surface area contributed by atoms with E-state index in [4.69, 9.17) is 9.47 Å². The van der Waals surface area contributed by atoms with Crippen LogP contribution in [-0.4, -0.2) is 87.5 Å². The maximum atomic E-state index is 6.14. The van der Waals surface area contributed by atoms with Gasteiger partial charge < -0.3 is 24.6 Å². The third-order valence-electron chi connectivity index (χ3n) is 6.63. The van der Waals surface area contributed by atoms with Crippen LogP contribution in [0.4, 0.5) is 0 Å². The molecule has 3 heterocycles. The monoisotopic (exact) mass is 536 g/mol. The SMILES string of the molecule is CN=C(NCCCCCN1CCCCC1)N1CCC(OCC2CCCCO2)CC1.I. The van der Waals surface area contributed by atoms with Crippen LogP contribution < -0.4 is 5.32 Å². The summed E-state index contributed by atoms with van der Waals surface area (Å²) in [5.74, 6) is 1.06. The fourth-order valence-corrected chi connectivity index (χ4v) is 4.77. The van der Waals surface area contributed by atoms with Crippen molar-refractivity contribution in [3.05, 3.63) is 0 Å². The van der Waals surface area contributed by atoms with Gasteiger partial charge in [-0.15, -0.1) is 24.0 Å². The first-order chi connectivity index (χ1) is 14.3. The summed E-state index contributed by atoms with van der Waals surface area (Å²) < 4.78 is 11.9. The molecule has 3 aliphatic heterocycles. The van der Waals surface area contributed by atoms with Gasteiger partial charge in [0, 0.05) is 33.3 Å². The van der Waals surface area contributed by atoms with E-state index in [9.17, 15) is 0 Å². The van der Waals surface area contributed by atoms with Crippen molar-refractivity contribution in [2.45, 2.75) is 82.8 Å². The van der Waals surface area contributed by atoms with Gasteiger partial charge in [-0.2, -0.15) is 0 Å². The average molecular weight is 537 g/mol. The van der Waals surface area contributed by atoms with E-state index >= 15 is 0 Å². The number of nitrogens with zero attached hydrogens (tertiary/aromatic N) is 3. The predicted octanol–water partition coefficient (Wildman–Crippen LogP) is 3.89. The van der Waals surface area contributed by atoms with Crippen molar-refractivity contribution in [2.75, 3.05) is 59.5 Å². The van der Waals surface area contributed by atoms with Gasteiger partial charge in [0.2, 0.25) is 0 Å². The van der Waals surface area contributed by atoms with Gasteiger partial charge in [-0.3, -0.25) is 4.99 Å². The normalized spacial score (nSPS) is 24.5. The molecular weight excluding hydrogens is 491 g/mol. The number of hydrogen-bond donors (Lipinski definition) is 1. The first-order valence-corrected chi connectivity index (χ1v) is 12.3. The lowest BCUT2D eigenvalue weighted by Crippen LogP contribution is -2.47. The first kappa shape index (κ1) is 26.1. The average Bonchev–Trinajstić information content (AvgIpc) is 2.79. The van der Waals surface area contributed by atoms with Gasteiger partial charge in [-0.25, -0.2) is 0 Å². The Balaban J connectivity index is 0.00000320. The molecule has 1 unspecified atom stereocenters. The number of likely N-dealkylation sites (tertiary alicyclic amines) is 2. The number of unbranched alkanes of at least 4 members (excludes halogenated alkanes) is 2. The number of nitrogens with one attached hydrogen (secondary N) is 1. The second-order valence-corrected chi connectivity index (χ2v) is 8.95. The minimum atomic E-state index is 0. The number of piperidine rings is 2. The Morgan fingerprint density at radius 1 is 0.967 bits per heavy atom. The van der Waals surface area contributed by atoms with E-state index in [-0.39, 0.29) is 24.0 Å². The van der Waals surface area contributed by atoms with Crippen LogP contribution in [0.1, 0.15) is 70.6 Å². The quantitative estimate of drug-likeness (QED) is 0.210. The molecule has 0 aromatic carbocycles. The van der Waals surface area contributed by atoms with Gasteiger partial charge in [0.25, 0.3) is 0 Å². The standard InChI is InChI=1S/C23H44N4O2.HI/c1-24-23(25-13-5-2-6-14-26-15-7-3-8-16-26)27-17-11-21(12-18-27)29-20-22-10-4-9-19-28-22;/h21-22H,2-20H2,1H3,(H,24,25);1H. The van der Waals surface area contributed by atoms with Crippen molar-refractivity contribution >= 4 is 29.9 Å². The maximum absolute atomic E-state index is 6.14. The molecule has 3 fully saturated rings. The Morgan fingerprint density at radius 2 is 1.77 bits per heavy atom. The largest absolute Gasteiger partial charge is 0.376 e. The zero-order valence-corrected chi connectivity index (χ0v) is 21.5. The lowest BCUT2D eigenvalue weighted by molar-refractivity contribution is -0.0721. The van der Waals surface area contributed by atoms with Crippen molar-refractivity contribution in [3.8, 4) is 0 Å². The fraction of sp³-hybridized carbons (Fsp3) is 0.957. The Hall–Kier alpha value is -0.120. The van der Waals surface area contributed by atoms with Gasteiger partial charge in [-0.1, -0.05) is 12.8 Å². The van der Waals surface area contributed by atoms with E-state index in [0.29, 0.717) is 12.2 Å². The molecule has 0 bridgehead atoms. The summed E-state index contributed by atoms with van der Waals surface area (Å²) in [6.07, 6.45) is 14.6. The van der Waals surface area contributed by atoms with Crippen molar-refractivity contribution in [3.63, 3.8) is 0 Å². The minimum Gasteiger partial charge on any atom is -0.376 e. The minimum absolute atomic E-state index is 0. The summed E-state index contributed by atoms with van der Waals surface area (Å²) in [4.78, 5) is 9.54. The summed E-state index contributed by atoms with van der Waals surface area (Å²) in [7, 11) is 1.90. The molecule has 0 amide bonds. The summed E-state index contributed by atoms with van der Waals surface area (Å²) in [6, 6.07) is 0. The molecule has 0 saturated carbocycles. The molecule has 0 aliphatic carbocycles. The highest BCUT2D eigenvalue weighted by atomic mass is 127. The summed E-state index contributed by atoms with van der Waals surface area (Å²) in [5, 5.41) is 3.58. The van der Waals surface area contributed by atoms with Crippen LogP contribution in [0.3, 0.4) is 0 Å². The van der Waals surface area contributed by atoms with Crippen LogP contribution in [0.15, 0.2) is 4.99 Å². The molecule has 6 nitrogen and oxygen atoms in total. The Kier molecular flexibility index (Phi) is 13.6. The second kappa shape index (κ2) is 15.6. The molecule has 176 valence electrons. The molecule has 0 aromatic heterocycles. The lowest BCUT2D eigenvalue weighted by Gasteiger charge is -2.35.